The van der Waals surface area contributed by atoms with Gasteiger partial charge < -0.3 is 5.32 Å². The van der Waals surface area contributed by atoms with Crippen molar-refractivity contribution in [2.24, 2.45) is 0 Å². The lowest BCUT2D eigenvalue weighted by Gasteiger charge is -2.19. The van der Waals surface area contributed by atoms with Crippen molar-refractivity contribution in [2.45, 2.75) is 13.0 Å². The molecule has 0 aliphatic rings. The third-order valence-electron chi connectivity index (χ3n) is 2.88. The Balaban J connectivity index is 2.44. The van der Waals surface area contributed by atoms with Crippen LogP contribution in [0.1, 0.15) is 24.1 Å². The molecule has 1 N–H and O–H groups in total. The van der Waals surface area contributed by atoms with Gasteiger partial charge in [0.25, 0.3) is 0 Å². The lowest BCUT2D eigenvalue weighted by molar-refractivity contribution is 0.545. The van der Waals surface area contributed by atoms with Gasteiger partial charge in [0.05, 0.1) is 6.04 Å². The Hall–Kier alpha value is -1.01. The van der Waals surface area contributed by atoms with E-state index in [-0.39, 0.29) is 6.04 Å². The van der Waals surface area contributed by atoms with Gasteiger partial charge >= 0.3 is 0 Å². The van der Waals surface area contributed by atoms with E-state index < -0.39 is 11.6 Å². The van der Waals surface area contributed by atoms with E-state index in [1.165, 1.54) is 12.1 Å². The SMILES string of the molecule is CCNC(c1ccc(I)cc1)c1cc(F)ccc1F. The van der Waals surface area contributed by atoms with E-state index in [9.17, 15) is 8.78 Å². The molecular weight excluding hydrogens is 359 g/mol. The van der Waals surface area contributed by atoms with E-state index in [2.05, 4.69) is 27.9 Å². The highest BCUT2D eigenvalue weighted by Crippen LogP contribution is 2.25. The van der Waals surface area contributed by atoms with Gasteiger partial charge in [0, 0.05) is 9.13 Å². The van der Waals surface area contributed by atoms with Gasteiger partial charge in [-0.25, -0.2) is 8.78 Å². The van der Waals surface area contributed by atoms with Gasteiger partial charge in [0.1, 0.15) is 11.6 Å². The minimum atomic E-state index is -0.426. The number of nitrogens with one attached hydrogen (secondary N) is 1. The Kier molecular flexibility index (Phi) is 4.87. The lowest BCUT2D eigenvalue weighted by atomic mass is 9.98. The van der Waals surface area contributed by atoms with Gasteiger partial charge in [-0.3, -0.25) is 0 Å². The number of hydrogen-bond acceptors (Lipinski definition) is 1. The van der Waals surface area contributed by atoms with Crippen LogP contribution in [-0.4, -0.2) is 6.54 Å². The fourth-order valence-electron chi connectivity index (χ4n) is 2.00. The molecule has 1 atom stereocenters. The molecule has 0 fully saturated rings. The summed E-state index contributed by atoms with van der Waals surface area (Å²) in [5.41, 5.74) is 1.26. The second kappa shape index (κ2) is 6.43. The molecule has 2 aromatic rings. The Labute approximate surface area is 125 Å². The summed E-state index contributed by atoms with van der Waals surface area (Å²) in [6.45, 7) is 2.61. The van der Waals surface area contributed by atoms with Crippen LogP contribution in [0.2, 0.25) is 0 Å². The molecule has 0 radical (unpaired) electrons. The van der Waals surface area contributed by atoms with Crippen molar-refractivity contribution in [1.29, 1.82) is 0 Å². The molecule has 0 aromatic heterocycles. The highest BCUT2D eigenvalue weighted by molar-refractivity contribution is 14.1. The molecule has 0 saturated carbocycles. The van der Waals surface area contributed by atoms with Crippen LogP contribution in [0.25, 0.3) is 0 Å². The predicted molar refractivity (Wildman–Crippen MR) is 81.0 cm³/mol. The molecule has 1 unspecified atom stereocenters. The first kappa shape index (κ1) is 14.4. The smallest absolute Gasteiger partial charge is 0.128 e. The minimum Gasteiger partial charge on any atom is -0.306 e. The zero-order chi connectivity index (χ0) is 13.8. The van der Waals surface area contributed by atoms with Crippen LogP contribution in [0, 0.1) is 15.2 Å². The van der Waals surface area contributed by atoms with Crippen LogP contribution in [-0.2, 0) is 0 Å². The fraction of sp³-hybridized carbons (Fsp3) is 0.200. The summed E-state index contributed by atoms with van der Waals surface area (Å²) in [7, 11) is 0. The van der Waals surface area contributed by atoms with Crippen molar-refractivity contribution in [2.75, 3.05) is 6.54 Å². The number of hydrogen-bond donors (Lipinski definition) is 1. The third-order valence-corrected chi connectivity index (χ3v) is 3.60. The molecule has 0 aliphatic heterocycles. The van der Waals surface area contributed by atoms with Crippen molar-refractivity contribution in [3.63, 3.8) is 0 Å². The molecular formula is C15H14F2IN. The van der Waals surface area contributed by atoms with Gasteiger partial charge in [-0.2, -0.15) is 0 Å². The quantitative estimate of drug-likeness (QED) is 0.790. The van der Waals surface area contributed by atoms with Crippen molar-refractivity contribution in [1.82, 2.24) is 5.32 Å². The molecule has 0 amide bonds. The summed E-state index contributed by atoms with van der Waals surface area (Å²) >= 11 is 2.21. The van der Waals surface area contributed by atoms with E-state index in [1.54, 1.807) is 0 Å². The monoisotopic (exact) mass is 373 g/mol. The molecule has 0 saturated heterocycles. The summed E-state index contributed by atoms with van der Waals surface area (Å²) in [5, 5.41) is 3.19. The van der Waals surface area contributed by atoms with Crippen molar-refractivity contribution < 1.29 is 8.78 Å². The molecule has 1 nitrogen and oxygen atoms in total. The second-order valence-corrected chi connectivity index (χ2v) is 5.45. The lowest BCUT2D eigenvalue weighted by Crippen LogP contribution is -2.23. The van der Waals surface area contributed by atoms with Crippen LogP contribution >= 0.6 is 22.6 Å². The Morgan fingerprint density at radius 2 is 1.79 bits per heavy atom. The molecule has 19 heavy (non-hydrogen) atoms. The average Bonchev–Trinajstić information content (AvgIpc) is 2.40. The normalized spacial score (nSPS) is 12.4. The Bertz CT molecular complexity index is 555. The molecule has 0 bridgehead atoms. The third kappa shape index (κ3) is 3.51. The van der Waals surface area contributed by atoms with E-state index in [0.29, 0.717) is 12.1 Å². The standard InChI is InChI=1S/C15H14F2IN/c1-2-19-15(10-3-6-12(18)7-4-10)13-9-11(16)5-8-14(13)17/h3-9,15,19H,2H2,1H3. The van der Waals surface area contributed by atoms with Crippen molar-refractivity contribution >= 4 is 22.6 Å². The summed E-state index contributed by atoms with van der Waals surface area (Å²) in [4.78, 5) is 0. The van der Waals surface area contributed by atoms with E-state index in [1.807, 2.05) is 31.2 Å². The summed E-state index contributed by atoms with van der Waals surface area (Å²) < 4.78 is 28.3. The molecule has 0 spiro atoms. The minimum absolute atomic E-state index is 0.335. The van der Waals surface area contributed by atoms with Crippen LogP contribution in [0.3, 0.4) is 0 Å². The maximum absolute atomic E-state index is 13.9. The average molecular weight is 373 g/mol. The molecule has 2 rings (SSSR count). The molecule has 0 aliphatic carbocycles. The molecule has 2 aromatic carbocycles. The predicted octanol–water partition coefficient (Wildman–Crippen LogP) is 4.27. The van der Waals surface area contributed by atoms with Crippen LogP contribution in [0.15, 0.2) is 42.5 Å². The first-order valence-electron chi connectivity index (χ1n) is 6.05. The Morgan fingerprint density at radius 1 is 1.11 bits per heavy atom. The molecule has 100 valence electrons. The number of halogens is 3. The fourth-order valence-corrected chi connectivity index (χ4v) is 2.36. The van der Waals surface area contributed by atoms with Gasteiger partial charge in [0.2, 0.25) is 0 Å². The zero-order valence-electron chi connectivity index (χ0n) is 10.5. The Morgan fingerprint density at radius 3 is 2.42 bits per heavy atom. The first-order valence-corrected chi connectivity index (χ1v) is 7.13. The van der Waals surface area contributed by atoms with E-state index in [0.717, 1.165) is 15.2 Å². The van der Waals surface area contributed by atoms with E-state index in [4.69, 9.17) is 0 Å². The van der Waals surface area contributed by atoms with Gasteiger partial charge in [0.15, 0.2) is 0 Å². The van der Waals surface area contributed by atoms with Crippen LogP contribution in [0.5, 0.6) is 0 Å². The van der Waals surface area contributed by atoms with Crippen molar-refractivity contribution in [3.05, 3.63) is 68.8 Å². The molecule has 4 heteroatoms. The second-order valence-electron chi connectivity index (χ2n) is 4.21. The highest BCUT2D eigenvalue weighted by atomic mass is 127. The maximum atomic E-state index is 13.9. The van der Waals surface area contributed by atoms with Gasteiger partial charge in [-0.1, -0.05) is 19.1 Å². The molecule has 0 heterocycles. The zero-order valence-corrected chi connectivity index (χ0v) is 12.6. The number of benzene rings is 2. The topological polar surface area (TPSA) is 12.0 Å². The van der Waals surface area contributed by atoms with Gasteiger partial charge in [-0.05, 0) is 65.0 Å². The van der Waals surface area contributed by atoms with Crippen LogP contribution < -0.4 is 5.32 Å². The van der Waals surface area contributed by atoms with E-state index >= 15 is 0 Å². The summed E-state index contributed by atoms with van der Waals surface area (Å²) in [5.74, 6) is -0.823. The first-order chi connectivity index (χ1) is 9.11. The summed E-state index contributed by atoms with van der Waals surface area (Å²) in [6.07, 6.45) is 0. The van der Waals surface area contributed by atoms with Gasteiger partial charge in [-0.15, -0.1) is 0 Å². The van der Waals surface area contributed by atoms with Crippen molar-refractivity contribution in [3.8, 4) is 0 Å². The largest absolute Gasteiger partial charge is 0.306 e. The highest BCUT2D eigenvalue weighted by Gasteiger charge is 2.17. The summed E-state index contributed by atoms with van der Waals surface area (Å²) in [6, 6.07) is 11.0. The van der Waals surface area contributed by atoms with Crippen LogP contribution in [0.4, 0.5) is 8.78 Å². The number of rotatable bonds is 4. The maximum Gasteiger partial charge on any atom is 0.128 e.